The lowest BCUT2D eigenvalue weighted by molar-refractivity contribution is 0.0641. The Kier molecular flexibility index (Phi) is 5.84. The molecular weight excluding hydrogens is 442 g/mol. The lowest BCUT2D eigenvalue weighted by atomic mass is 10.1. The summed E-state index contributed by atoms with van der Waals surface area (Å²) in [6.45, 7) is 1.84. The Bertz CT molecular complexity index is 1330. The normalized spacial score (nSPS) is 14.2. The first-order valence-electron chi connectivity index (χ1n) is 10.1. The molecule has 1 aliphatic heterocycles. The Morgan fingerprint density at radius 3 is 2.12 bits per heavy atom. The summed E-state index contributed by atoms with van der Waals surface area (Å²) in [7, 11) is -3.84. The maximum absolute atomic E-state index is 12.6. The van der Waals surface area contributed by atoms with E-state index in [4.69, 9.17) is 5.14 Å². The van der Waals surface area contributed by atoms with Gasteiger partial charge < -0.3 is 5.32 Å². The standard InChI is InChI=1S/C24H21N3O5S/c1-15(18-5-4-6-19(13-18)33(25,31)32)26-22(28)17-11-9-16(10-12-17)14-27-23(29)20-7-2-3-8-21(20)24(27)30/h2-13,15H,14H2,1H3,(H,26,28)(H2,25,31,32). The molecule has 1 heterocycles. The largest absolute Gasteiger partial charge is 0.346 e. The molecular formula is C24H21N3O5S. The van der Waals surface area contributed by atoms with Crippen LogP contribution in [0.15, 0.2) is 77.7 Å². The molecule has 3 aromatic carbocycles. The number of carbonyl (C=O) groups is 3. The van der Waals surface area contributed by atoms with Crippen molar-refractivity contribution in [2.45, 2.75) is 24.4 Å². The Balaban J connectivity index is 1.43. The van der Waals surface area contributed by atoms with Gasteiger partial charge >= 0.3 is 0 Å². The highest BCUT2D eigenvalue weighted by atomic mass is 32.2. The van der Waals surface area contributed by atoms with Crippen molar-refractivity contribution in [2.24, 2.45) is 5.14 Å². The van der Waals surface area contributed by atoms with Crippen LogP contribution in [0.3, 0.4) is 0 Å². The molecule has 168 valence electrons. The minimum atomic E-state index is -3.84. The van der Waals surface area contributed by atoms with Crippen molar-refractivity contribution in [1.82, 2.24) is 10.2 Å². The zero-order valence-electron chi connectivity index (χ0n) is 17.7. The van der Waals surface area contributed by atoms with Gasteiger partial charge in [0.25, 0.3) is 17.7 Å². The average molecular weight is 464 g/mol. The molecule has 4 rings (SSSR count). The van der Waals surface area contributed by atoms with Gasteiger partial charge in [-0.2, -0.15) is 0 Å². The molecule has 0 aliphatic carbocycles. The number of nitrogens with zero attached hydrogens (tertiary/aromatic N) is 1. The quantitative estimate of drug-likeness (QED) is 0.544. The first kappa shape index (κ1) is 22.4. The first-order chi connectivity index (χ1) is 15.6. The molecule has 9 heteroatoms. The molecule has 3 N–H and O–H groups in total. The van der Waals surface area contributed by atoms with Crippen LogP contribution < -0.4 is 10.5 Å². The minimum Gasteiger partial charge on any atom is -0.346 e. The highest BCUT2D eigenvalue weighted by Gasteiger charge is 2.34. The zero-order chi connectivity index (χ0) is 23.8. The molecule has 3 aromatic rings. The van der Waals surface area contributed by atoms with Gasteiger partial charge in [-0.25, -0.2) is 13.6 Å². The molecule has 0 bridgehead atoms. The van der Waals surface area contributed by atoms with Crippen LogP contribution in [0.25, 0.3) is 0 Å². The van der Waals surface area contributed by atoms with Gasteiger partial charge in [-0.1, -0.05) is 36.4 Å². The summed E-state index contributed by atoms with van der Waals surface area (Å²) in [5.74, 6) is -1.03. The number of imide groups is 1. The van der Waals surface area contributed by atoms with Crippen molar-refractivity contribution in [2.75, 3.05) is 0 Å². The summed E-state index contributed by atoms with van der Waals surface area (Å²) in [4.78, 5) is 38.8. The zero-order valence-corrected chi connectivity index (χ0v) is 18.5. The van der Waals surface area contributed by atoms with Crippen LogP contribution in [0.5, 0.6) is 0 Å². The summed E-state index contributed by atoms with van der Waals surface area (Å²) >= 11 is 0. The summed E-state index contributed by atoms with van der Waals surface area (Å²) in [6, 6.07) is 18.9. The van der Waals surface area contributed by atoms with E-state index in [0.717, 1.165) is 0 Å². The third kappa shape index (κ3) is 4.55. The molecule has 33 heavy (non-hydrogen) atoms. The lowest BCUT2D eigenvalue weighted by Crippen LogP contribution is -2.29. The first-order valence-corrected chi connectivity index (χ1v) is 11.7. The van der Waals surface area contributed by atoms with E-state index >= 15 is 0 Å². The smallest absolute Gasteiger partial charge is 0.261 e. The van der Waals surface area contributed by atoms with Crippen LogP contribution in [0, 0.1) is 0 Å². The second-order valence-corrected chi connectivity index (χ2v) is 9.31. The van der Waals surface area contributed by atoms with Crippen LogP contribution in [-0.4, -0.2) is 31.0 Å². The van der Waals surface area contributed by atoms with E-state index in [9.17, 15) is 22.8 Å². The van der Waals surface area contributed by atoms with Crippen LogP contribution >= 0.6 is 0 Å². The molecule has 1 aliphatic rings. The Morgan fingerprint density at radius 1 is 0.939 bits per heavy atom. The second-order valence-electron chi connectivity index (χ2n) is 7.75. The Morgan fingerprint density at radius 2 is 1.55 bits per heavy atom. The predicted octanol–water partition coefficient (Wildman–Crippen LogP) is 2.62. The molecule has 0 saturated heterocycles. The van der Waals surface area contributed by atoms with Gasteiger partial charge in [0.05, 0.1) is 28.6 Å². The number of hydrogen-bond acceptors (Lipinski definition) is 5. The van der Waals surface area contributed by atoms with E-state index in [1.165, 1.54) is 17.0 Å². The highest BCUT2D eigenvalue weighted by molar-refractivity contribution is 7.89. The van der Waals surface area contributed by atoms with E-state index in [0.29, 0.717) is 27.8 Å². The third-order valence-electron chi connectivity index (χ3n) is 5.47. The van der Waals surface area contributed by atoms with Crippen LogP contribution in [0.4, 0.5) is 0 Å². The molecule has 3 amide bonds. The molecule has 0 aromatic heterocycles. The number of hydrogen-bond donors (Lipinski definition) is 2. The summed E-state index contributed by atoms with van der Waals surface area (Å²) in [5, 5.41) is 7.99. The monoisotopic (exact) mass is 463 g/mol. The third-order valence-corrected chi connectivity index (χ3v) is 6.38. The Labute approximate surface area is 191 Å². The fraction of sp³-hybridized carbons (Fsp3) is 0.125. The maximum Gasteiger partial charge on any atom is 0.261 e. The number of fused-ring (bicyclic) bond motifs is 1. The molecule has 8 nitrogen and oxygen atoms in total. The SMILES string of the molecule is CC(NC(=O)c1ccc(CN2C(=O)c3ccccc3C2=O)cc1)c1cccc(S(N)(=O)=O)c1. The number of nitrogens with two attached hydrogens (primary N) is 1. The van der Waals surface area contributed by atoms with Crippen molar-refractivity contribution >= 4 is 27.7 Å². The summed E-state index contributed by atoms with van der Waals surface area (Å²) in [5.41, 5.74) is 2.46. The fourth-order valence-corrected chi connectivity index (χ4v) is 4.22. The minimum absolute atomic E-state index is 0.0291. The fourth-order valence-electron chi connectivity index (χ4n) is 3.65. The molecule has 0 radical (unpaired) electrons. The van der Waals surface area contributed by atoms with Crippen molar-refractivity contribution in [3.63, 3.8) is 0 Å². The van der Waals surface area contributed by atoms with E-state index in [2.05, 4.69) is 5.32 Å². The van der Waals surface area contributed by atoms with Gasteiger partial charge in [0, 0.05) is 5.56 Å². The highest BCUT2D eigenvalue weighted by Crippen LogP contribution is 2.24. The Hall–Kier alpha value is -3.82. The number of primary sulfonamides is 1. The van der Waals surface area contributed by atoms with Crippen LogP contribution in [-0.2, 0) is 16.6 Å². The number of rotatable bonds is 6. The van der Waals surface area contributed by atoms with Gasteiger partial charge in [0.2, 0.25) is 10.0 Å². The summed E-state index contributed by atoms with van der Waals surface area (Å²) < 4.78 is 23.1. The van der Waals surface area contributed by atoms with Gasteiger partial charge in [-0.3, -0.25) is 19.3 Å². The van der Waals surface area contributed by atoms with Crippen molar-refractivity contribution in [1.29, 1.82) is 0 Å². The molecule has 0 fully saturated rings. The number of nitrogens with one attached hydrogen (secondary N) is 1. The van der Waals surface area contributed by atoms with Gasteiger partial charge in [0.1, 0.15) is 0 Å². The van der Waals surface area contributed by atoms with Gasteiger partial charge in [-0.15, -0.1) is 0 Å². The van der Waals surface area contributed by atoms with Gasteiger partial charge in [0.15, 0.2) is 0 Å². The molecule has 0 spiro atoms. The van der Waals surface area contributed by atoms with Crippen molar-refractivity contribution < 1.29 is 22.8 Å². The van der Waals surface area contributed by atoms with E-state index in [1.54, 1.807) is 67.6 Å². The molecule has 0 saturated carbocycles. The number of amides is 3. The second kappa shape index (κ2) is 8.61. The summed E-state index contributed by atoms with van der Waals surface area (Å²) in [6.07, 6.45) is 0. The van der Waals surface area contributed by atoms with Gasteiger partial charge in [-0.05, 0) is 54.4 Å². The topological polar surface area (TPSA) is 127 Å². The van der Waals surface area contributed by atoms with Crippen LogP contribution in [0.2, 0.25) is 0 Å². The number of benzene rings is 3. The van der Waals surface area contributed by atoms with Crippen molar-refractivity contribution in [3.05, 3.63) is 101 Å². The maximum atomic E-state index is 12.6. The number of sulfonamides is 1. The lowest BCUT2D eigenvalue weighted by Gasteiger charge is -2.16. The van der Waals surface area contributed by atoms with Crippen molar-refractivity contribution in [3.8, 4) is 0 Å². The molecule has 1 atom stereocenters. The van der Waals surface area contributed by atoms with E-state index in [1.807, 2.05) is 0 Å². The van der Waals surface area contributed by atoms with E-state index in [-0.39, 0.29) is 29.2 Å². The number of carbonyl (C=O) groups excluding carboxylic acids is 3. The van der Waals surface area contributed by atoms with E-state index < -0.39 is 16.1 Å². The average Bonchev–Trinajstić information content (AvgIpc) is 3.04. The predicted molar refractivity (Wildman–Crippen MR) is 121 cm³/mol. The molecule has 1 unspecified atom stereocenters. The van der Waals surface area contributed by atoms with Crippen LogP contribution in [0.1, 0.15) is 55.2 Å².